The second-order valence-corrected chi connectivity index (χ2v) is 5.10. The largest absolute Gasteiger partial charge is 0.396 e. The average Bonchev–Trinajstić information content (AvgIpc) is 3.02. The molecule has 0 aromatic carbocycles. The standard InChI is InChI=1S/C12H24N2O/c1-2-14-8-10(5-6-15)7-12(9-14)13-11-3-4-11/h10-13,15H,2-9H2,1H3. The summed E-state index contributed by atoms with van der Waals surface area (Å²) in [7, 11) is 0. The van der Waals surface area contributed by atoms with E-state index in [9.17, 15) is 0 Å². The van der Waals surface area contributed by atoms with E-state index in [0.29, 0.717) is 18.6 Å². The highest BCUT2D eigenvalue weighted by atomic mass is 16.3. The molecule has 2 aliphatic rings. The van der Waals surface area contributed by atoms with Crippen LogP contribution in [0.4, 0.5) is 0 Å². The first-order chi connectivity index (χ1) is 7.31. The third-order valence-corrected chi connectivity index (χ3v) is 3.65. The first-order valence-electron chi connectivity index (χ1n) is 6.41. The third kappa shape index (κ3) is 3.44. The zero-order chi connectivity index (χ0) is 10.7. The highest BCUT2D eigenvalue weighted by molar-refractivity contribution is 4.90. The van der Waals surface area contributed by atoms with Crippen molar-refractivity contribution in [1.82, 2.24) is 10.2 Å². The summed E-state index contributed by atoms with van der Waals surface area (Å²) < 4.78 is 0. The van der Waals surface area contributed by atoms with Crippen LogP contribution in [-0.4, -0.2) is 48.3 Å². The molecule has 0 radical (unpaired) electrons. The number of aliphatic hydroxyl groups excluding tert-OH is 1. The van der Waals surface area contributed by atoms with Crippen LogP contribution < -0.4 is 5.32 Å². The highest BCUT2D eigenvalue weighted by Gasteiger charge is 2.30. The molecule has 1 heterocycles. The van der Waals surface area contributed by atoms with Crippen LogP contribution in [0.15, 0.2) is 0 Å². The van der Waals surface area contributed by atoms with Gasteiger partial charge in [-0.15, -0.1) is 0 Å². The Kier molecular flexibility index (Phi) is 4.00. The molecular formula is C12H24N2O. The summed E-state index contributed by atoms with van der Waals surface area (Å²) in [6.45, 7) is 6.10. The molecule has 0 amide bonds. The van der Waals surface area contributed by atoms with Crippen LogP contribution in [0.3, 0.4) is 0 Å². The van der Waals surface area contributed by atoms with E-state index >= 15 is 0 Å². The van der Waals surface area contributed by atoms with Crippen LogP contribution >= 0.6 is 0 Å². The minimum Gasteiger partial charge on any atom is -0.396 e. The number of rotatable bonds is 5. The van der Waals surface area contributed by atoms with Crippen LogP contribution in [-0.2, 0) is 0 Å². The predicted octanol–water partition coefficient (Wildman–Crippen LogP) is 0.831. The molecule has 0 spiro atoms. The van der Waals surface area contributed by atoms with E-state index in [2.05, 4.69) is 17.1 Å². The van der Waals surface area contributed by atoms with Crippen molar-refractivity contribution in [2.75, 3.05) is 26.2 Å². The maximum Gasteiger partial charge on any atom is 0.0434 e. The number of likely N-dealkylation sites (tertiary alicyclic amines) is 1. The summed E-state index contributed by atoms with van der Waals surface area (Å²) in [4.78, 5) is 2.52. The van der Waals surface area contributed by atoms with Gasteiger partial charge in [0.25, 0.3) is 0 Å². The molecule has 88 valence electrons. The molecule has 1 saturated carbocycles. The second kappa shape index (κ2) is 5.28. The number of hydrogen-bond acceptors (Lipinski definition) is 3. The molecule has 2 rings (SSSR count). The van der Waals surface area contributed by atoms with Crippen molar-refractivity contribution in [3.63, 3.8) is 0 Å². The number of aliphatic hydroxyl groups is 1. The molecule has 3 heteroatoms. The molecule has 1 saturated heterocycles. The molecule has 3 nitrogen and oxygen atoms in total. The summed E-state index contributed by atoms with van der Waals surface area (Å²) in [5.41, 5.74) is 0. The summed E-state index contributed by atoms with van der Waals surface area (Å²) in [6, 6.07) is 1.48. The van der Waals surface area contributed by atoms with Gasteiger partial charge in [-0.3, -0.25) is 0 Å². The van der Waals surface area contributed by atoms with Crippen molar-refractivity contribution < 1.29 is 5.11 Å². The van der Waals surface area contributed by atoms with Gasteiger partial charge in [-0.25, -0.2) is 0 Å². The van der Waals surface area contributed by atoms with Crippen LogP contribution in [0.25, 0.3) is 0 Å². The van der Waals surface area contributed by atoms with Crippen molar-refractivity contribution >= 4 is 0 Å². The first-order valence-corrected chi connectivity index (χ1v) is 6.41. The van der Waals surface area contributed by atoms with Gasteiger partial charge in [0.05, 0.1) is 0 Å². The van der Waals surface area contributed by atoms with E-state index in [1.54, 1.807) is 0 Å². The summed E-state index contributed by atoms with van der Waals surface area (Å²) in [5, 5.41) is 12.7. The molecule has 0 bridgehead atoms. The molecule has 0 aromatic rings. The smallest absolute Gasteiger partial charge is 0.0434 e. The summed E-state index contributed by atoms with van der Waals surface area (Å²) in [5.74, 6) is 0.694. The van der Waals surface area contributed by atoms with Crippen LogP contribution in [0.1, 0.15) is 32.6 Å². The van der Waals surface area contributed by atoms with Gasteiger partial charge in [-0.05, 0) is 38.1 Å². The van der Waals surface area contributed by atoms with Gasteiger partial charge in [-0.1, -0.05) is 6.92 Å². The van der Waals surface area contributed by atoms with Crippen molar-refractivity contribution in [2.45, 2.75) is 44.7 Å². The fourth-order valence-electron chi connectivity index (χ4n) is 2.66. The van der Waals surface area contributed by atoms with E-state index in [1.807, 2.05) is 0 Å². The normalized spacial score (nSPS) is 33.2. The van der Waals surface area contributed by atoms with Gasteiger partial charge < -0.3 is 15.3 Å². The fraction of sp³-hybridized carbons (Fsp3) is 1.00. The maximum absolute atomic E-state index is 9.02. The number of nitrogens with zero attached hydrogens (tertiary/aromatic N) is 1. The topological polar surface area (TPSA) is 35.5 Å². The number of hydrogen-bond donors (Lipinski definition) is 2. The molecule has 1 aliphatic heterocycles. The molecule has 2 unspecified atom stereocenters. The SMILES string of the molecule is CCN1CC(CCO)CC(NC2CC2)C1. The first kappa shape index (κ1) is 11.4. The Morgan fingerprint density at radius 2 is 2.07 bits per heavy atom. The lowest BCUT2D eigenvalue weighted by molar-refractivity contribution is 0.125. The van der Waals surface area contributed by atoms with Crippen molar-refractivity contribution in [2.24, 2.45) is 5.92 Å². The quantitative estimate of drug-likeness (QED) is 0.708. The Labute approximate surface area is 92.8 Å². The zero-order valence-corrected chi connectivity index (χ0v) is 9.78. The lowest BCUT2D eigenvalue weighted by atomic mass is 9.91. The van der Waals surface area contributed by atoms with E-state index in [0.717, 1.165) is 19.0 Å². The molecule has 2 N–H and O–H groups in total. The van der Waals surface area contributed by atoms with Gasteiger partial charge in [0.1, 0.15) is 0 Å². The van der Waals surface area contributed by atoms with Crippen LogP contribution in [0, 0.1) is 5.92 Å². The predicted molar refractivity (Wildman–Crippen MR) is 61.9 cm³/mol. The Morgan fingerprint density at radius 1 is 1.27 bits per heavy atom. The Balaban J connectivity index is 1.81. The van der Waals surface area contributed by atoms with E-state index in [4.69, 9.17) is 5.11 Å². The van der Waals surface area contributed by atoms with Gasteiger partial charge in [0, 0.05) is 31.8 Å². The molecule has 0 aromatic heterocycles. The van der Waals surface area contributed by atoms with Gasteiger partial charge in [-0.2, -0.15) is 0 Å². The van der Waals surface area contributed by atoms with Crippen LogP contribution in [0.2, 0.25) is 0 Å². The summed E-state index contributed by atoms with van der Waals surface area (Å²) >= 11 is 0. The Hall–Kier alpha value is -0.120. The third-order valence-electron chi connectivity index (χ3n) is 3.65. The number of piperidine rings is 1. The highest BCUT2D eigenvalue weighted by Crippen LogP contribution is 2.24. The maximum atomic E-state index is 9.02. The summed E-state index contributed by atoms with van der Waals surface area (Å²) in [6.07, 6.45) is 4.97. The minimum atomic E-state index is 0.346. The Morgan fingerprint density at radius 3 is 2.67 bits per heavy atom. The fourth-order valence-corrected chi connectivity index (χ4v) is 2.66. The number of nitrogens with one attached hydrogen (secondary N) is 1. The van der Waals surface area contributed by atoms with Gasteiger partial charge in [0.2, 0.25) is 0 Å². The average molecular weight is 212 g/mol. The molecule has 2 atom stereocenters. The van der Waals surface area contributed by atoms with E-state index in [1.165, 1.54) is 32.4 Å². The lowest BCUT2D eigenvalue weighted by Crippen LogP contribution is -2.49. The van der Waals surface area contributed by atoms with Crippen molar-refractivity contribution in [1.29, 1.82) is 0 Å². The zero-order valence-electron chi connectivity index (χ0n) is 9.78. The second-order valence-electron chi connectivity index (χ2n) is 5.10. The minimum absolute atomic E-state index is 0.346. The van der Waals surface area contributed by atoms with Crippen LogP contribution in [0.5, 0.6) is 0 Å². The Bertz CT molecular complexity index is 194. The van der Waals surface area contributed by atoms with Crippen molar-refractivity contribution in [3.05, 3.63) is 0 Å². The van der Waals surface area contributed by atoms with Gasteiger partial charge in [0.15, 0.2) is 0 Å². The van der Waals surface area contributed by atoms with Crippen molar-refractivity contribution in [3.8, 4) is 0 Å². The molecule has 15 heavy (non-hydrogen) atoms. The lowest BCUT2D eigenvalue weighted by Gasteiger charge is -2.37. The van der Waals surface area contributed by atoms with E-state index < -0.39 is 0 Å². The van der Waals surface area contributed by atoms with Gasteiger partial charge >= 0.3 is 0 Å². The molecule has 2 fully saturated rings. The number of likely N-dealkylation sites (N-methyl/N-ethyl adjacent to an activating group) is 1. The molecule has 1 aliphatic carbocycles. The van der Waals surface area contributed by atoms with E-state index in [-0.39, 0.29) is 0 Å². The molecular weight excluding hydrogens is 188 g/mol. The monoisotopic (exact) mass is 212 g/mol.